The fraction of sp³-hybridized carbons (Fsp3) is 0.538. The van der Waals surface area contributed by atoms with Crippen LogP contribution in [-0.4, -0.2) is 36.0 Å². The highest BCUT2D eigenvalue weighted by Gasteiger charge is 2.21. The highest BCUT2D eigenvalue weighted by molar-refractivity contribution is 5.85. The molecule has 1 atom stereocenters. The molecule has 1 unspecified atom stereocenters. The summed E-state index contributed by atoms with van der Waals surface area (Å²) in [5, 5.41) is 14.2. The number of likely N-dealkylation sites (tertiary alicyclic amines) is 1. The van der Waals surface area contributed by atoms with Gasteiger partial charge in [-0.3, -0.25) is 15.0 Å². The maximum atomic E-state index is 11.0. The Bertz CT molecular complexity index is 428. The van der Waals surface area contributed by atoms with Gasteiger partial charge in [-0.25, -0.2) is 0 Å². The molecule has 1 aliphatic heterocycles. The van der Waals surface area contributed by atoms with Crippen molar-refractivity contribution in [1.82, 2.24) is 10.2 Å². The zero-order chi connectivity index (χ0) is 13.0. The monoisotopic (exact) mass is 285 g/mol. The average Bonchev–Trinajstić information content (AvgIpc) is 2.39. The van der Waals surface area contributed by atoms with Crippen LogP contribution in [0.4, 0.5) is 5.69 Å². The number of rotatable bonds is 4. The standard InChI is InChI=1S/C13H19N3O2.ClH/c1-14-12-6-4-8-15(10-12)9-11-5-2-3-7-13(11)16(17)18;/h2-3,5,7,12,14H,4,6,8-10H2,1H3;1H. The molecule has 0 aliphatic carbocycles. The van der Waals surface area contributed by atoms with Gasteiger partial charge in [0.1, 0.15) is 0 Å². The summed E-state index contributed by atoms with van der Waals surface area (Å²) < 4.78 is 0. The SMILES string of the molecule is CNC1CCCN(Cc2ccccc2[N+](=O)[O-])C1.Cl. The van der Waals surface area contributed by atoms with Gasteiger partial charge in [-0.1, -0.05) is 18.2 Å². The van der Waals surface area contributed by atoms with Gasteiger partial charge >= 0.3 is 0 Å². The van der Waals surface area contributed by atoms with Crippen LogP contribution in [-0.2, 0) is 6.54 Å². The Morgan fingerprint density at radius 1 is 1.47 bits per heavy atom. The van der Waals surface area contributed by atoms with Gasteiger partial charge in [0, 0.05) is 30.8 Å². The quantitative estimate of drug-likeness (QED) is 0.681. The van der Waals surface area contributed by atoms with Crippen molar-refractivity contribution in [3.8, 4) is 0 Å². The molecule has 1 aromatic carbocycles. The Labute approximate surface area is 119 Å². The van der Waals surface area contributed by atoms with Crippen molar-refractivity contribution in [2.75, 3.05) is 20.1 Å². The molecule has 5 nitrogen and oxygen atoms in total. The number of piperidine rings is 1. The first-order chi connectivity index (χ1) is 8.70. The lowest BCUT2D eigenvalue weighted by atomic mass is 10.0. The van der Waals surface area contributed by atoms with E-state index in [0.29, 0.717) is 12.6 Å². The number of halogens is 1. The molecule has 0 spiro atoms. The van der Waals surface area contributed by atoms with Crippen molar-refractivity contribution in [2.45, 2.75) is 25.4 Å². The normalized spacial score (nSPS) is 19.7. The molecule has 1 saturated heterocycles. The van der Waals surface area contributed by atoms with E-state index in [2.05, 4.69) is 10.2 Å². The summed E-state index contributed by atoms with van der Waals surface area (Å²) >= 11 is 0. The summed E-state index contributed by atoms with van der Waals surface area (Å²) in [6, 6.07) is 7.51. The molecule has 0 radical (unpaired) electrons. The van der Waals surface area contributed by atoms with E-state index in [-0.39, 0.29) is 23.0 Å². The average molecular weight is 286 g/mol. The van der Waals surface area contributed by atoms with E-state index in [0.717, 1.165) is 25.1 Å². The first-order valence-electron chi connectivity index (χ1n) is 6.32. The second kappa shape index (κ2) is 7.43. The maximum absolute atomic E-state index is 11.0. The second-order valence-electron chi connectivity index (χ2n) is 4.75. The van der Waals surface area contributed by atoms with Crippen LogP contribution in [0.5, 0.6) is 0 Å². The molecule has 1 heterocycles. The number of nitro groups is 1. The Hall–Kier alpha value is -1.17. The van der Waals surface area contributed by atoms with E-state index in [9.17, 15) is 10.1 Å². The first-order valence-corrected chi connectivity index (χ1v) is 6.32. The van der Waals surface area contributed by atoms with Gasteiger partial charge in [-0.05, 0) is 26.4 Å². The minimum absolute atomic E-state index is 0. The number of nitrogens with one attached hydrogen (secondary N) is 1. The second-order valence-corrected chi connectivity index (χ2v) is 4.75. The van der Waals surface area contributed by atoms with Crippen molar-refractivity contribution < 1.29 is 4.92 Å². The van der Waals surface area contributed by atoms with Gasteiger partial charge < -0.3 is 5.32 Å². The fourth-order valence-corrected chi connectivity index (χ4v) is 2.50. The molecule has 0 aromatic heterocycles. The molecule has 0 bridgehead atoms. The lowest BCUT2D eigenvalue weighted by molar-refractivity contribution is -0.385. The molecular formula is C13H20ClN3O2. The minimum atomic E-state index is -0.297. The number of likely N-dealkylation sites (N-methyl/N-ethyl adjacent to an activating group) is 1. The third-order valence-electron chi connectivity index (χ3n) is 3.50. The predicted octanol–water partition coefficient (Wildman–Crippen LogP) is 2.20. The van der Waals surface area contributed by atoms with Gasteiger partial charge in [-0.15, -0.1) is 12.4 Å². The van der Waals surface area contributed by atoms with Crippen LogP contribution < -0.4 is 5.32 Å². The molecule has 0 saturated carbocycles. The number of nitrogens with zero attached hydrogens (tertiary/aromatic N) is 2. The molecule has 19 heavy (non-hydrogen) atoms. The lowest BCUT2D eigenvalue weighted by Gasteiger charge is -2.32. The molecule has 2 rings (SSSR count). The van der Waals surface area contributed by atoms with E-state index in [1.54, 1.807) is 12.1 Å². The Morgan fingerprint density at radius 3 is 2.89 bits per heavy atom. The maximum Gasteiger partial charge on any atom is 0.273 e. The van der Waals surface area contributed by atoms with Crippen LogP contribution >= 0.6 is 12.4 Å². The zero-order valence-corrected chi connectivity index (χ0v) is 11.9. The minimum Gasteiger partial charge on any atom is -0.316 e. The van der Waals surface area contributed by atoms with Gasteiger partial charge in [0.15, 0.2) is 0 Å². The smallest absolute Gasteiger partial charge is 0.273 e. The number of nitro benzene ring substituents is 1. The van der Waals surface area contributed by atoms with Crippen LogP contribution in [0.15, 0.2) is 24.3 Å². The van der Waals surface area contributed by atoms with Crippen LogP contribution in [0.1, 0.15) is 18.4 Å². The summed E-state index contributed by atoms with van der Waals surface area (Å²) in [6.45, 7) is 2.64. The predicted molar refractivity (Wildman–Crippen MR) is 77.7 cm³/mol. The summed E-state index contributed by atoms with van der Waals surface area (Å²) in [6.07, 6.45) is 2.33. The highest BCUT2D eigenvalue weighted by atomic mass is 35.5. The van der Waals surface area contributed by atoms with Crippen molar-refractivity contribution in [3.63, 3.8) is 0 Å². The molecule has 0 amide bonds. The molecular weight excluding hydrogens is 266 g/mol. The molecule has 106 valence electrons. The highest BCUT2D eigenvalue weighted by Crippen LogP contribution is 2.21. The number of benzene rings is 1. The van der Waals surface area contributed by atoms with Crippen LogP contribution in [0.2, 0.25) is 0 Å². The first kappa shape index (κ1) is 15.9. The number of hydrogen-bond donors (Lipinski definition) is 1. The Kier molecular flexibility index (Phi) is 6.21. The number of hydrogen-bond acceptors (Lipinski definition) is 4. The number of para-hydroxylation sites is 1. The van der Waals surface area contributed by atoms with Crippen LogP contribution in [0, 0.1) is 10.1 Å². The summed E-state index contributed by atoms with van der Waals surface area (Å²) in [4.78, 5) is 12.9. The molecule has 1 aromatic rings. The van der Waals surface area contributed by atoms with Crippen molar-refractivity contribution in [3.05, 3.63) is 39.9 Å². The molecule has 1 fully saturated rings. The van der Waals surface area contributed by atoms with E-state index in [4.69, 9.17) is 0 Å². The van der Waals surface area contributed by atoms with Gasteiger partial charge in [-0.2, -0.15) is 0 Å². The van der Waals surface area contributed by atoms with Crippen molar-refractivity contribution >= 4 is 18.1 Å². The summed E-state index contributed by atoms with van der Waals surface area (Å²) in [5.74, 6) is 0. The van der Waals surface area contributed by atoms with E-state index >= 15 is 0 Å². The van der Waals surface area contributed by atoms with E-state index in [1.165, 1.54) is 6.42 Å². The molecule has 6 heteroatoms. The largest absolute Gasteiger partial charge is 0.316 e. The van der Waals surface area contributed by atoms with E-state index in [1.807, 2.05) is 19.2 Å². The van der Waals surface area contributed by atoms with Crippen molar-refractivity contribution in [2.24, 2.45) is 0 Å². The lowest BCUT2D eigenvalue weighted by Crippen LogP contribution is -2.43. The van der Waals surface area contributed by atoms with Gasteiger partial charge in [0.25, 0.3) is 5.69 Å². The van der Waals surface area contributed by atoms with Crippen molar-refractivity contribution in [1.29, 1.82) is 0 Å². The summed E-state index contributed by atoms with van der Waals surface area (Å²) in [5.41, 5.74) is 1.03. The summed E-state index contributed by atoms with van der Waals surface area (Å²) in [7, 11) is 1.97. The topological polar surface area (TPSA) is 58.4 Å². The third-order valence-corrected chi connectivity index (χ3v) is 3.50. The van der Waals surface area contributed by atoms with Gasteiger partial charge in [0.2, 0.25) is 0 Å². The third kappa shape index (κ3) is 4.16. The van der Waals surface area contributed by atoms with Crippen LogP contribution in [0.3, 0.4) is 0 Å². The zero-order valence-electron chi connectivity index (χ0n) is 11.0. The molecule has 1 N–H and O–H groups in total. The Morgan fingerprint density at radius 2 is 2.21 bits per heavy atom. The molecule has 1 aliphatic rings. The van der Waals surface area contributed by atoms with Gasteiger partial charge in [0.05, 0.1) is 4.92 Å². The van der Waals surface area contributed by atoms with Crippen LogP contribution in [0.25, 0.3) is 0 Å². The fourth-order valence-electron chi connectivity index (χ4n) is 2.50. The Balaban J connectivity index is 0.00000180. The van der Waals surface area contributed by atoms with E-state index < -0.39 is 0 Å².